The van der Waals surface area contributed by atoms with Crippen LogP contribution in [-0.4, -0.2) is 56.0 Å². The highest BCUT2D eigenvalue weighted by molar-refractivity contribution is 5.84. The molecule has 114 valence electrons. The molecule has 0 aliphatic carbocycles. The summed E-state index contributed by atoms with van der Waals surface area (Å²) < 4.78 is 18.6. The van der Waals surface area contributed by atoms with Crippen molar-refractivity contribution >= 4 is 11.8 Å². The summed E-state index contributed by atoms with van der Waals surface area (Å²) in [5, 5.41) is 5.57. The predicted molar refractivity (Wildman–Crippen MR) is 74.3 cm³/mol. The van der Waals surface area contributed by atoms with Gasteiger partial charge in [-0.05, 0) is 12.1 Å². The number of nitrogens with zero attached hydrogens (tertiary/aromatic N) is 1. The molecule has 2 N–H and O–H groups in total. The second kappa shape index (κ2) is 7.03. The summed E-state index contributed by atoms with van der Waals surface area (Å²) in [6.07, 6.45) is 0. The zero-order valence-electron chi connectivity index (χ0n) is 11.8. The number of para-hydroxylation sites is 1. The Morgan fingerprint density at radius 1 is 1.48 bits per heavy atom. The maximum absolute atomic E-state index is 13.4. The number of hydrogen-bond donors (Lipinski definition) is 2. The molecule has 1 atom stereocenters. The molecule has 7 heteroatoms. The number of hydrogen-bond acceptors (Lipinski definition) is 4. The summed E-state index contributed by atoms with van der Waals surface area (Å²) in [6.45, 7) is 1.05. The Morgan fingerprint density at radius 3 is 2.95 bits per heavy atom. The van der Waals surface area contributed by atoms with Crippen LogP contribution in [0.3, 0.4) is 0 Å². The molecule has 2 rings (SSSR count). The monoisotopic (exact) mass is 295 g/mol. The van der Waals surface area contributed by atoms with Crippen LogP contribution >= 0.6 is 0 Å². The first-order valence-electron chi connectivity index (χ1n) is 6.72. The van der Waals surface area contributed by atoms with Gasteiger partial charge in [-0.25, -0.2) is 4.39 Å². The van der Waals surface area contributed by atoms with Gasteiger partial charge in [0.2, 0.25) is 5.91 Å². The second-order valence-electron chi connectivity index (χ2n) is 4.68. The Balaban J connectivity index is 1.88. The van der Waals surface area contributed by atoms with Gasteiger partial charge in [0.25, 0.3) is 5.91 Å². The van der Waals surface area contributed by atoms with Gasteiger partial charge in [0.1, 0.15) is 6.04 Å². The zero-order chi connectivity index (χ0) is 15.2. The Bertz CT molecular complexity index is 524. The van der Waals surface area contributed by atoms with Crippen molar-refractivity contribution in [3.05, 3.63) is 30.1 Å². The van der Waals surface area contributed by atoms with E-state index >= 15 is 0 Å². The fraction of sp³-hybridized carbons (Fsp3) is 0.429. The summed E-state index contributed by atoms with van der Waals surface area (Å²) in [4.78, 5) is 25.2. The van der Waals surface area contributed by atoms with Crippen molar-refractivity contribution in [1.29, 1.82) is 0 Å². The first kappa shape index (κ1) is 15.2. The molecule has 1 aromatic rings. The van der Waals surface area contributed by atoms with Crippen LogP contribution in [0.5, 0.6) is 5.75 Å². The summed E-state index contributed by atoms with van der Waals surface area (Å²) >= 11 is 0. The Morgan fingerprint density at radius 2 is 2.24 bits per heavy atom. The SMILES string of the molecule is CNC(=O)C1CN(C(=O)COc2ccccc2F)CCN1. The molecule has 1 heterocycles. The minimum atomic E-state index is -0.506. The summed E-state index contributed by atoms with van der Waals surface area (Å²) in [5.74, 6) is -0.895. The van der Waals surface area contributed by atoms with Crippen molar-refractivity contribution in [1.82, 2.24) is 15.5 Å². The van der Waals surface area contributed by atoms with Gasteiger partial charge in [-0.15, -0.1) is 0 Å². The Kier molecular flexibility index (Phi) is 5.10. The van der Waals surface area contributed by atoms with Gasteiger partial charge in [-0.2, -0.15) is 0 Å². The molecular weight excluding hydrogens is 277 g/mol. The third kappa shape index (κ3) is 3.91. The minimum Gasteiger partial charge on any atom is -0.481 e. The highest BCUT2D eigenvalue weighted by Gasteiger charge is 2.27. The van der Waals surface area contributed by atoms with E-state index in [1.165, 1.54) is 17.0 Å². The van der Waals surface area contributed by atoms with E-state index in [9.17, 15) is 14.0 Å². The highest BCUT2D eigenvalue weighted by atomic mass is 19.1. The van der Waals surface area contributed by atoms with E-state index in [4.69, 9.17) is 4.74 Å². The number of likely N-dealkylation sites (N-methyl/N-ethyl adjacent to an activating group) is 1. The van der Waals surface area contributed by atoms with E-state index in [2.05, 4.69) is 10.6 Å². The van der Waals surface area contributed by atoms with Gasteiger partial charge in [0.05, 0.1) is 0 Å². The lowest BCUT2D eigenvalue weighted by molar-refractivity contribution is -0.136. The molecule has 21 heavy (non-hydrogen) atoms. The molecule has 0 spiro atoms. The van der Waals surface area contributed by atoms with Crippen LogP contribution in [0.15, 0.2) is 24.3 Å². The van der Waals surface area contributed by atoms with E-state index in [1.54, 1.807) is 19.2 Å². The molecule has 0 bridgehead atoms. The van der Waals surface area contributed by atoms with Gasteiger partial charge >= 0.3 is 0 Å². The van der Waals surface area contributed by atoms with E-state index in [-0.39, 0.29) is 30.7 Å². The second-order valence-corrected chi connectivity index (χ2v) is 4.68. The summed E-state index contributed by atoms with van der Waals surface area (Å²) in [6, 6.07) is 5.49. The van der Waals surface area contributed by atoms with Crippen molar-refractivity contribution in [3.63, 3.8) is 0 Å². The number of amides is 2. The third-order valence-electron chi connectivity index (χ3n) is 3.28. The first-order valence-corrected chi connectivity index (χ1v) is 6.72. The molecule has 0 aromatic heterocycles. The standard InChI is InChI=1S/C14H18FN3O3/c1-16-14(20)11-8-18(7-6-17-11)13(19)9-21-12-5-3-2-4-10(12)15/h2-5,11,17H,6-9H2,1H3,(H,16,20). The van der Waals surface area contributed by atoms with Crippen LogP contribution in [0, 0.1) is 5.82 Å². The fourth-order valence-corrected chi connectivity index (χ4v) is 2.12. The summed E-state index contributed by atoms with van der Waals surface area (Å²) in [5.41, 5.74) is 0. The van der Waals surface area contributed by atoms with Crippen LogP contribution in [0.2, 0.25) is 0 Å². The molecule has 0 radical (unpaired) electrons. The number of halogens is 1. The van der Waals surface area contributed by atoms with Crippen molar-refractivity contribution < 1.29 is 18.7 Å². The zero-order valence-corrected chi connectivity index (χ0v) is 11.8. The lowest BCUT2D eigenvalue weighted by Gasteiger charge is -2.32. The minimum absolute atomic E-state index is 0.0452. The van der Waals surface area contributed by atoms with Crippen LogP contribution < -0.4 is 15.4 Å². The lowest BCUT2D eigenvalue weighted by Crippen LogP contribution is -2.58. The van der Waals surface area contributed by atoms with Crippen LogP contribution in [0.1, 0.15) is 0 Å². The lowest BCUT2D eigenvalue weighted by atomic mass is 10.2. The highest BCUT2D eigenvalue weighted by Crippen LogP contribution is 2.15. The number of benzene rings is 1. The molecule has 0 saturated carbocycles. The van der Waals surface area contributed by atoms with E-state index in [0.29, 0.717) is 13.1 Å². The van der Waals surface area contributed by atoms with Crippen molar-refractivity contribution in [2.24, 2.45) is 0 Å². The molecule has 1 unspecified atom stereocenters. The maximum atomic E-state index is 13.4. The quantitative estimate of drug-likeness (QED) is 0.804. The average Bonchev–Trinajstić information content (AvgIpc) is 2.53. The molecule has 6 nitrogen and oxygen atoms in total. The number of carbonyl (C=O) groups excluding carboxylic acids is 2. The van der Waals surface area contributed by atoms with Crippen molar-refractivity contribution in [2.45, 2.75) is 6.04 Å². The van der Waals surface area contributed by atoms with Crippen LogP contribution in [0.25, 0.3) is 0 Å². The first-order chi connectivity index (χ1) is 10.1. The molecule has 2 amide bonds. The van der Waals surface area contributed by atoms with Crippen LogP contribution in [-0.2, 0) is 9.59 Å². The Hall–Kier alpha value is -2.15. The molecule has 1 saturated heterocycles. The smallest absolute Gasteiger partial charge is 0.260 e. The molecule has 1 aliphatic heterocycles. The fourth-order valence-electron chi connectivity index (χ4n) is 2.12. The van der Waals surface area contributed by atoms with Gasteiger partial charge < -0.3 is 20.3 Å². The Labute approximate surface area is 122 Å². The van der Waals surface area contributed by atoms with E-state index in [1.807, 2.05) is 0 Å². The number of rotatable bonds is 4. The largest absolute Gasteiger partial charge is 0.481 e. The third-order valence-corrected chi connectivity index (χ3v) is 3.28. The van der Waals surface area contributed by atoms with E-state index < -0.39 is 11.9 Å². The molecular formula is C14H18FN3O3. The number of nitrogens with one attached hydrogen (secondary N) is 2. The number of carbonyl (C=O) groups is 2. The van der Waals surface area contributed by atoms with Gasteiger partial charge in [0.15, 0.2) is 18.2 Å². The number of ether oxygens (including phenoxy) is 1. The maximum Gasteiger partial charge on any atom is 0.260 e. The van der Waals surface area contributed by atoms with Crippen molar-refractivity contribution in [3.8, 4) is 5.75 Å². The normalized spacial score (nSPS) is 18.2. The summed E-state index contributed by atoms with van der Waals surface area (Å²) in [7, 11) is 1.55. The molecule has 1 fully saturated rings. The average molecular weight is 295 g/mol. The van der Waals surface area contributed by atoms with Gasteiger partial charge in [-0.1, -0.05) is 12.1 Å². The number of piperazine rings is 1. The van der Waals surface area contributed by atoms with E-state index in [0.717, 1.165) is 0 Å². The molecule has 1 aliphatic rings. The van der Waals surface area contributed by atoms with Crippen molar-refractivity contribution in [2.75, 3.05) is 33.3 Å². The predicted octanol–water partition coefficient (Wildman–Crippen LogP) is -0.249. The van der Waals surface area contributed by atoms with Gasteiger partial charge in [0, 0.05) is 26.7 Å². The van der Waals surface area contributed by atoms with Gasteiger partial charge in [-0.3, -0.25) is 9.59 Å². The topological polar surface area (TPSA) is 70.7 Å². The molecule has 1 aromatic carbocycles. The van der Waals surface area contributed by atoms with Crippen LogP contribution in [0.4, 0.5) is 4.39 Å².